The number of hydrogen-bond donors (Lipinski definition) is 2. The van der Waals surface area contributed by atoms with Crippen LogP contribution in [-0.4, -0.2) is 43.0 Å². The van der Waals surface area contributed by atoms with Crippen LogP contribution in [0.3, 0.4) is 0 Å². The number of ether oxygens (including phenoxy) is 1. The highest BCUT2D eigenvalue weighted by Crippen LogP contribution is 2.16. The Balaban J connectivity index is 0.00000280. The summed E-state index contributed by atoms with van der Waals surface area (Å²) in [7, 11) is 0. The first kappa shape index (κ1) is 21.9. The van der Waals surface area contributed by atoms with Crippen molar-refractivity contribution < 1.29 is 14.3 Å². The Morgan fingerprint density at radius 1 is 1.07 bits per heavy atom. The van der Waals surface area contributed by atoms with Gasteiger partial charge in [0.2, 0.25) is 11.8 Å². The van der Waals surface area contributed by atoms with Crippen LogP contribution in [0, 0.1) is 6.92 Å². The zero-order valence-corrected chi connectivity index (χ0v) is 16.7. The topological polar surface area (TPSA) is 84.7 Å². The lowest BCUT2D eigenvalue weighted by molar-refractivity contribution is -0.134. The van der Waals surface area contributed by atoms with E-state index in [1.807, 2.05) is 48.2 Å². The van der Waals surface area contributed by atoms with Gasteiger partial charge in [-0.2, -0.15) is 0 Å². The molecule has 0 radical (unpaired) electrons. The number of nitrogens with one attached hydrogen (secondary N) is 1. The monoisotopic (exact) mass is 403 g/mol. The lowest BCUT2D eigenvalue weighted by atomic mass is 10.1. The van der Waals surface area contributed by atoms with Gasteiger partial charge in [0.25, 0.3) is 0 Å². The number of rotatable bonds is 5. The van der Waals surface area contributed by atoms with Gasteiger partial charge in [-0.15, -0.1) is 12.4 Å². The minimum Gasteiger partial charge on any atom is -0.378 e. The average molecular weight is 404 g/mol. The first-order valence-electron chi connectivity index (χ1n) is 9.10. The van der Waals surface area contributed by atoms with Crippen LogP contribution < -0.4 is 11.1 Å². The quantitative estimate of drug-likeness (QED) is 0.803. The SMILES string of the molecule is Cc1ccc(C(N)C(=O)Nc2ccc(CC(=O)N3CCOCC3)cc2)cc1.Cl. The molecule has 0 saturated carbocycles. The molecule has 1 heterocycles. The van der Waals surface area contributed by atoms with Gasteiger partial charge in [-0.25, -0.2) is 0 Å². The molecule has 2 amide bonds. The number of halogens is 1. The summed E-state index contributed by atoms with van der Waals surface area (Å²) in [5, 5.41) is 2.82. The highest BCUT2D eigenvalue weighted by atomic mass is 35.5. The summed E-state index contributed by atoms with van der Waals surface area (Å²) in [4.78, 5) is 26.5. The van der Waals surface area contributed by atoms with Gasteiger partial charge in [0.15, 0.2) is 0 Å². The van der Waals surface area contributed by atoms with Gasteiger partial charge >= 0.3 is 0 Å². The minimum atomic E-state index is -0.729. The largest absolute Gasteiger partial charge is 0.378 e. The van der Waals surface area contributed by atoms with Crippen LogP contribution in [0.15, 0.2) is 48.5 Å². The molecule has 6 nitrogen and oxygen atoms in total. The Morgan fingerprint density at radius 3 is 2.29 bits per heavy atom. The molecule has 1 fully saturated rings. The van der Waals surface area contributed by atoms with E-state index in [2.05, 4.69) is 5.32 Å². The first-order chi connectivity index (χ1) is 13.0. The third-order valence-electron chi connectivity index (χ3n) is 4.66. The number of morpholine rings is 1. The van der Waals surface area contributed by atoms with Crippen LogP contribution >= 0.6 is 12.4 Å². The molecule has 0 aromatic heterocycles. The third kappa shape index (κ3) is 5.79. The number of amides is 2. The molecule has 28 heavy (non-hydrogen) atoms. The van der Waals surface area contributed by atoms with E-state index in [-0.39, 0.29) is 24.2 Å². The molecule has 7 heteroatoms. The number of carbonyl (C=O) groups is 2. The van der Waals surface area contributed by atoms with Crippen LogP contribution in [0.2, 0.25) is 0 Å². The maximum absolute atomic E-state index is 12.4. The van der Waals surface area contributed by atoms with E-state index >= 15 is 0 Å². The molecule has 1 unspecified atom stereocenters. The molecule has 150 valence electrons. The predicted molar refractivity (Wildman–Crippen MR) is 112 cm³/mol. The minimum absolute atomic E-state index is 0. The van der Waals surface area contributed by atoms with Crippen LogP contribution in [-0.2, 0) is 20.7 Å². The zero-order chi connectivity index (χ0) is 19.2. The molecule has 1 aliphatic heterocycles. The van der Waals surface area contributed by atoms with Crippen molar-refractivity contribution in [2.45, 2.75) is 19.4 Å². The van der Waals surface area contributed by atoms with Crippen molar-refractivity contribution in [3.63, 3.8) is 0 Å². The third-order valence-corrected chi connectivity index (χ3v) is 4.66. The molecule has 0 aliphatic carbocycles. The highest BCUT2D eigenvalue weighted by Gasteiger charge is 2.18. The van der Waals surface area contributed by atoms with Crippen molar-refractivity contribution in [1.29, 1.82) is 0 Å². The molecule has 0 bridgehead atoms. The predicted octanol–water partition coefficient (Wildman–Crippen LogP) is 2.46. The number of carbonyl (C=O) groups excluding carboxylic acids is 2. The fourth-order valence-corrected chi connectivity index (χ4v) is 2.95. The smallest absolute Gasteiger partial charge is 0.245 e. The summed E-state index contributed by atoms with van der Waals surface area (Å²) in [6.45, 7) is 4.46. The molecule has 3 N–H and O–H groups in total. The van der Waals surface area contributed by atoms with Crippen LogP contribution in [0.4, 0.5) is 5.69 Å². The van der Waals surface area contributed by atoms with Crippen LogP contribution in [0.1, 0.15) is 22.7 Å². The van der Waals surface area contributed by atoms with Gasteiger partial charge in [-0.3, -0.25) is 9.59 Å². The summed E-state index contributed by atoms with van der Waals surface area (Å²) in [6, 6.07) is 14.2. The van der Waals surface area contributed by atoms with Crippen molar-refractivity contribution >= 4 is 29.9 Å². The number of aryl methyl sites for hydroxylation is 1. The van der Waals surface area contributed by atoms with Gasteiger partial charge in [-0.05, 0) is 30.2 Å². The molecule has 1 atom stereocenters. The molecular formula is C21H26ClN3O3. The number of benzene rings is 2. The number of nitrogens with two attached hydrogens (primary N) is 1. The van der Waals surface area contributed by atoms with Gasteiger partial charge in [0, 0.05) is 18.8 Å². The van der Waals surface area contributed by atoms with Gasteiger partial charge in [0.1, 0.15) is 6.04 Å². The average Bonchev–Trinajstić information content (AvgIpc) is 2.70. The lowest BCUT2D eigenvalue weighted by Gasteiger charge is -2.26. The zero-order valence-electron chi connectivity index (χ0n) is 15.9. The van der Waals surface area contributed by atoms with Gasteiger partial charge in [0.05, 0.1) is 19.6 Å². The van der Waals surface area contributed by atoms with Crippen molar-refractivity contribution in [3.8, 4) is 0 Å². The van der Waals surface area contributed by atoms with Gasteiger partial charge < -0.3 is 20.7 Å². The van der Waals surface area contributed by atoms with E-state index in [0.29, 0.717) is 38.4 Å². The van der Waals surface area contributed by atoms with E-state index in [0.717, 1.165) is 16.7 Å². The van der Waals surface area contributed by atoms with E-state index in [4.69, 9.17) is 10.5 Å². The maximum Gasteiger partial charge on any atom is 0.245 e. The van der Waals surface area contributed by atoms with E-state index in [1.54, 1.807) is 12.1 Å². The lowest BCUT2D eigenvalue weighted by Crippen LogP contribution is -2.41. The van der Waals surface area contributed by atoms with E-state index < -0.39 is 6.04 Å². The Hall–Kier alpha value is -2.41. The second-order valence-electron chi connectivity index (χ2n) is 6.74. The normalized spacial score (nSPS) is 14.7. The summed E-state index contributed by atoms with van der Waals surface area (Å²) in [5.74, 6) is -0.174. The van der Waals surface area contributed by atoms with Crippen molar-refractivity contribution in [2.75, 3.05) is 31.6 Å². The fraction of sp³-hybridized carbons (Fsp3) is 0.333. The molecule has 3 rings (SSSR count). The van der Waals surface area contributed by atoms with Crippen molar-refractivity contribution in [1.82, 2.24) is 4.90 Å². The summed E-state index contributed by atoms with van der Waals surface area (Å²) in [5.41, 5.74) is 9.50. The van der Waals surface area contributed by atoms with Crippen molar-refractivity contribution in [2.24, 2.45) is 5.73 Å². The summed E-state index contributed by atoms with van der Waals surface area (Å²) in [6.07, 6.45) is 0.344. The van der Waals surface area contributed by atoms with Gasteiger partial charge in [-0.1, -0.05) is 42.0 Å². The van der Waals surface area contributed by atoms with Crippen molar-refractivity contribution in [3.05, 3.63) is 65.2 Å². The molecule has 1 aliphatic rings. The fourth-order valence-electron chi connectivity index (χ4n) is 2.95. The number of anilines is 1. The molecule has 2 aromatic carbocycles. The summed E-state index contributed by atoms with van der Waals surface area (Å²) < 4.78 is 5.27. The highest BCUT2D eigenvalue weighted by molar-refractivity contribution is 5.95. The second-order valence-corrected chi connectivity index (χ2v) is 6.74. The Bertz CT molecular complexity index is 788. The Labute approximate surface area is 171 Å². The van der Waals surface area contributed by atoms with E-state index in [1.165, 1.54) is 0 Å². The van der Waals surface area contributed by atoms with Crippen LogP contribution in [0.5, 0.6) is 0 Å². The standard InChI is InChI=1S/C21H25N3O3.ClH/c1-15-2-6-17(7-3-15)20(22)21(26)23-18-8-4-16(5-9-18)14-19(25)24-10-12-27-13-11-24;/h2-9,20H,10-14,22H2,1H3,(H,23,26);1H. The molecule has 0 spiro atoms. The maximum atomic E-state index is 12.4. The Morgan fingerprint density at radius 2 is 1.68 bits per heavy atom. The first-order valence-corrected chi connectivity index (χ1v) is 9.10. The molecular weight excluding hydrogens is 378 g/mol. The number of hydrogen-bond acceptors (Lipinski definition) is 4. The summed E-state index contributed by atoms with van der Waals surface area (Å²) >= 11 is 0. The second kappa shape index (κ2) is 10.2. The molecule has 2 aromatic rings. The van der Waals surface area contributed by atoms with Crippen LogP contribution in [0.25, 0.3) is 0 Å². The van der Waals surface area contributed by atoms with E-state index in [9.17, 15) is 9.59 Å². The molecule has 1 saturated heterocycles. The Kier molecular flexibility index (Phi) is 7.99. The number of nitrogens with zero attached hydrogens (tertiary/aromatic N) is 1.